The first-order valence-electron chi connectivity index (χ1n) is 7.70. The van der Waals surface area contributed by atoms with Crippen LogP contribution in [0.5, 0.6) is 0 Å². The number of hydrogen-bond acceptors (Lipinski definition) is 2. The van der Waals surface area contributed by atoms with Crippen molar-refractivity contribution in [2.75, 3.05) is 13.1 Å². The lowest BCUT2D eigenvalue weighted by Crippen LogP contribution is -2.47. The molecule has 2 amide bonds. The third kappa shape index (κ3) is 3.63. The molecular formula is C16H17ClF2N2O2. The molecule has 4 nitrogen and oxygen atoms in total. The van der Waals surface area contributed by atoms with Crippen molar-refractivity contribution in [3.8, 4) is 0 Å². The Hall–Kier alpha value is -1.69. The zero-order valence-corrected chi connectivity index (χ0v) is 13.2. The molecule has 0 radical (unpaired) electrons. The van der Waals surface area contributed by atoms with E-state index < -0.39 is 17.5 Å². The Labute approximate surface area is 137 Å². The quantitative estimate of drug-likeness (QED) is 0.859. The van der Waals surface area contributed by atoms with Crippen molar-refractivity contribution in [2.45, 2.75) is 31.7 Å². The van der Waals surface area contributed by atoms with Gasteiger partial charge in [-0.05, 0) is 37.8 Å². The molecule has 0 atom stereocenters. The van der Waals surface area contributed by atoms with E-state index in [1.807, 2.05) is 4.90 Å². The van der Waals surface area contributed by atoms with E-state index in [1.54, 1.807) is 0 Å². The van der Waals surface area contributed by atoms with Crippen molar-refractivity contribution >= 4 is 23.4 Å². The minimum Gasteiger partial charge on any atom is -0.349 e. The van der Waals surface area contributed by atoms with Crippen molar-refractivity contribution in [3.63, 3.8) is 0 Å². The molecule has 1 heterocycles. The average molecular weight is 343 g/mol. The van der Waals surface area contributed by atoms with E-state index >= 15 is 0 Å². The molecular weight excluding hydrogens is 326 g/mol. The van der Waals surface area contributed by atoms with Crippen LogP contribution in [-0.4, -0.2) is 35.8 Å². The summed E-state index contributed by atoms with van der Waals surface area (Å²) in [5, 5.41) is 2.65. The van der Waals surface area contributed by atoms with Crippen molar-refractivity contribution in [1.29, 1.82) is 0 Å². The van der Waals surface area contributed by atoms with Crippen LogP contribution < -0.4 is 5.32 Å². The molecule has 3 rings (SSSR count). The fourth-order valence-corrected chi connectivity index (χ4v) is 3.03. The fraction of sp³-hybridized carbons (Fsp3) is 0.500. The number of carbonyl (C=O) groups excluding carboxylic acids is 2. The standard InChI is InChI=1S/C16H17ClF2N2O2/c17-12-8-14(19)13(18)7-11(12)15(22)20-10-3-5-21(6-4-10)16(23)9-1-2-9/h7-10H,1-6H2,(H,20,22). The largest absolute Gasteiger partial charge is 0.349 e. The van der Waals surface area contributed by atoms with Gasteiger partial charge in [0.2, 0.25) is 5.91 Å². The van der Waals surface area contributed by atoms with Gasteiger partial charge in [0.05, 0.1) is 10.6 Å². The number of halogens is 3. The highest BCUT2D eigenvalue weighted by atomic mass is 35.5. The molecule has 1 aliphatic heterocycles. The van der Waals surface area contributed by atoms with Crippen LogP contribution in [-0.2, 0) is 4.79 Å². The summed E-state index contributed by atoms with van der Waals surface area (Å²) in [6, 6.07) is 1.50. The molecule has 2 aliphatic rings. The number of nitrogens with one attached hydrogen (secondary N) is 1. The molecule has 1 saturated heterocycles. The third-order valence-corrected chi connectivity index (χ3v) is 4.64. The fourth-order valence-electron chi connectivity index (χ4n) is 2.79. The molecule has 23 heavy (non-hydrogen) atoms. The van der Waals surface area contributed by atoms with E-state index in [0.29, 0.717) is 25.9 Å². The minimum atomic E-state index is -1.11. The van der Waals surface area contributed by atoms with Gasteiger partial charge in [-0.1, -0.05) is 11.6 Å². The first kappa shape index (κ1) is 16.2. The van der Waals surface area contributed by atoms with Crippen molar-refractivity contribution < 1.29 is 18.4 Å². The number of hydrogen-bond donors (Lipinski definition) is 1. The molecule has 124 valence electrons. The lowest BCUT2D eigenvalue weighted by Gasteiger charge is -2.32. The highest BCUT2D eigenvalue weighted by molar-refractivity contribution is 6.33. The number of nitrogens with zero attached hydrogens (tertiary/aromatic N) is 1. The SMILES string of the molecule is O=C(NC1CCN(C(=O)C2CC2)CC1)c1cc(F)c(F)cc1Cl. The second-order valence-electron chi connectivity index (χ2n) is 6.09. The predicted molar refractivity (Wildman–Crippen MR) is 81.2 cm³/mol. The van der Waals surface area contributed by atoms with Gasteiger partial charge in [-0.3, -0.25) is 9.59 Å². The highest BCUT2D eigenvalue weighted by Crippen LogP contribution is 2.32. The van der Waals surface area contributed by atoms with Gasteiger partial charge in [-0.15, -0.1) is 0 Å². The summed E-state index contributed by atoms with van der Waals surface area (Å²) in [6.07, 6.45) is 3.24. The van der Waals surface area contributed by atoms with E-state index in [0.717, 1.165) is 25.0 Å². The van der Waals surface area contributed by atoms with E-state index in [9.17, 15) is 18.4 Å². The highest BCUT2D eigenvalue weighted by Gasteiger charge is 2.35. The van der Waals surface area contributed by atoms with Gasteiger partial charge in [0.25, 0.3) is 5.91 Å². The summed E-state index contributed by atoms with van der Waals surface area (Å²) in [5.74, 6) is -2.32. The van der Waals surface area contributed by atoms with Crippen LogP contribution in [0.3, 0.4) is 0 Å². The molecule has 1 aliphatic carbocycles. The molecule has 0 bridgehead atoms. The van der Waals surface area contributed by atoms with E-state index in [1.165, 1.54) is 0 Å². The van der Waals surface area contributed by atoms with Gasteiger partial charge < -0.3 is 10.2 Å². The Morgan fingerprint density at radius 1 is 1.09 bits per heavy atom. The van der Waals surface area contributed by atoms with Crippen LogP contribution in [0.4, 0.5) is 8.78 Å². The lowest BCUT2D eigenvalue weighted by molar-refractivity contribution is -0.133. The van der Waals surface area contributed by atoms with Gasteiger partial charge >= 0.3 is 0 Å². The van der Waals surface area contributed by atoms with E-state index in [2.05, 4.69) is 5.32 Å². The molecule has 1 aromatic carbocycles. The summed E-state index contributed by atoms with van der Waals surface area (Å²) in [7, 11) is 0. The number of likely N-dealkylation sites (tertiary alicyclic amines) is 1. The summed E-state index contributed by atoms with van der Waals surface area (Å²) in [5.41, 5.74) is -0.0814. The van der Waals surface area contributed by atoms with Crippen molar-refractivity contribution in [3.05, 3.63) is 34.4 Å². The van der Waals surface area contributed by atoms with Crippen LogP contribution in [0.1, 0.15) is 36.0 Å². The zero-order chi connectivity index (χ0) is 16.6. The van der Waals surface area contributed by atoms with Crippen molar-refractivity contribution in [1.82, 2.24) is 10.2 Å². The van der Waals surface area contributed by atoms with Gasteiger partial charge in [0.15, 0.2) is 11.6 Å². The lowest BCUT2D eigenvalue weighted by atomic mass is 10.0. The predicted octanol–water partition coefficient (Wildman–Crippen LogP) is 2.75. The van der Waals surface area contributed by atoms with Crippen LogP contribution in [0, 0.1) is 17.6 Å². The maximum Gasteiger partial charge on any atom is 0.253 e. The van der Waals surface area contributed by atoms with Gasteiger partial charge in [0, 0.05) is 25.0 Å². The zero-order valence-electron chi connectivity index (χ0n) is 12.4. The maximum atomic E-state index is 13.3. The second kappa shape index (κ2) is 6.43. The van der Waals surface area contributed by atoms with Crippen LogP contribution in [0.2, 0.25) is 5.02 Å². The van der Waals surface area contributed by atoms with Gasteiger partial charge in [-0.2, -0.15) is 0 Å². The average Bonchev–Trinajstić information content (AvgIpc) is 3.35. The Kier molecular flexibility index (Phi) is 4.53. The number of rotatable bonds is 3. The molecule has 2 fully saturated rings. The first-order valence-corrected chi connectivity index (χ1v) is 8.07. The minimum absolute atomic E-state index is 0.0814. The summed E-state index contributed by atoms with van der Waals surface area (Å²) >= 11 is 5.80. The second-order valence-corrected chi connectivity index (χ2v) is 6.50. The normalized spacial score (nSPS) is 18.8. The molecule has 1 saturated carbocycles. The molecule has 7 heteroatoms. The Morgan fingerprint density at radius 2 is 1.70 bits per heavy atom. The summed E-state index contributed by atoms with van der Waals surface area (Å²) < 4.78 is 26.3. The van der Waals surface area contributed by atoms with Crippen molar-refractivity contribution in [2.24, 2.45) is 5.92 Å². The summed E-state index contributed by atoms with van der Waals surface area (Å²) in [6.45, 7) is 1.21. The van der Waals surface area contributed by atoms with Crippen LogP contribution >= 0.6 is 11.6 Å². The Bertz CT molecular complexity index is 641. The molecule has 0 spiro atoms. The molecule has 1 aromatic rings. The van der Waals surface area contributed by atoms with Gasteiger partial charge in [0.1, 0.15) is 0 Å². The summed E-state index contributed by atoms with van der Waals surface area (Å²) in [4.78, 5) is 26.0. The number of piperidine rings is 1. The number of benzene rings is 1. The maximum absolute atomic E-state index is 13.3. The third-order valence-electron chi connectivity index (χ3n) is 4.32. The molecule has 0 unspecified atom stereocenters. The van der Waals surface area contributed by atoms with Crippen LogP contribution in [0.15, 0.2) is 12.1 Å². The van der Waals surface area contributed by atoms with Gasteiger partial charge in [-0.25, -0.2) is 8.78 Å². The molecule has 1 N–H and O–H groups in total. The Morgan fingerprint density at radius 3 is 2.30 bits per heavy atom. The van der Waals surface area contributed by atoms with Crippen LogP contribution in [0.25, 0.3) is 0 Å². The van der Waals surface area contributed by atoms with E-state index in [4.69, 9.17) is 11.6 Å². The monoisotopic (exact) mass is 342 g/mol. The smallest absolute Gasteiger partial charge is 0.253 e. The number of carbonyl (C=O) groups is 2. The molecule has 0 aromatic heterocycles. The first-order chi connectivity index (χ1) is 11.0. The number of amides is 2. The topological polar surface area (TPSA) is 49.4 Å². The van der Waals surface area contributed by atoms with E-state index in [-0.39, 0.29) is 28.5 Å². The Balaban J connectivity index is 1.57.